The topological polar surface area (TPSA) is 170 Å². The Hall–Kier alpha value is -1.64. The number of carbonyl (C=O) groups is 3. The molecule has 14 heteroatoms. The molecule has 30 heavy (non-hydrogen) atoms. The summed E-state index contributed by atoms with van der Waals surface area (Å²) < 4.78 is 0. The molecule has 0 unspecified atom stereocenters. The molecular formula is C16H16N5NaO6S2. The second kappa shape index (κ2) is 9.24. The van der Waals surface area contributed by atoms with E-state index in [4.69, 9.17) is 10.6 Å². The minimum Gasteiger partial charge on any atom is -0.543 e. The van der Waals surface area contributed by atoms with Crippen LogP contribution in [0.5, 0.6) is 0 Å². The molecular weight excluding hydrogens is 445 g/mol. The van der Waals surface area contributed by atoms with Gasteiger partial charge in [-0.25, -0.2) is 4.98 Å². The van der Waals surface area contributed by atoms with E-state index < -0.39 is 35.8 Å². The van der Waals surface area contributed by atoms with Gasteiger partial charge >= 0.3 is 29.6 Å². The predicted octanol–water partition coefficient (Wildman–Crippen LogP) is -4.99. The Morgan fingerprint density at radius 1 is 1.47 bits per heavy atom. The van der Waals surface area contributed by atoms with Crippen molar-refractivity contribution in [1.82, 2.24) is 15.2 Å². The first-order valence-electron chi connectivity index (χ1n) is 8.65. The molecule has 1 aromatic heterocycles. The molecule has 11 nitrogen and oxygen atoms in total. The largest absolute Gasteiger partial charge is 1.00 e. The van der Waals surface area contributed by atoms with Crippen molar-refractivity contribution >= 4 is 51.7 Å². The Morgan fingerprint density at radius 3 is 2.77 bits per heavy atom. The molecule has 1 saturated carbocycles. The molecule has 1 aromatic rings. The summed E-state index contributed by atoms with van der Waals surface area (Å²) in [7, 11) is 0. The fourth-order valence-corrected chi connectivity index (χ4v) is 4.79. The Balaban J connectivity index is 0.00000256. The van der Waals surface area contributed by atoms with Gasteiger partial charge in [0.05, 0.1) is 18.3 Å². The van der Waals surface area contributed by atoms with E-state index in [1.54, 1.807) is 5.38 Å². The van der Waals surface area contributed by atoms with Gasteiger partial charge in [-0.1, -0.05) is 5.16 Å². The first-order valence-corrected chi connectivity index (χ1v) is 10.6. The van der Waals surface area contributed by atoms with Crippen LogP contribution in [0.2, 0.25) is 0 Å². The number of carboxylic acids is 1. The van der Waals surface area contributed by atoms with E-state index in [1.807, 2.05) is 0 Å². The van der Waals surface area contributed by atoms with Crippen molar-refractivity contribution in [2.24, 2.45) is 5.16 Å². The van der Waals surface area contributed by atoms with Crippen LogP contribution in [0.15, 0.2) is 21.8 Å². The molecule has 2 aliphatic heterocycles. The van der Waals surface area contributed by atoms with Crippen LogP contribution in [0, 0.1) is 0 Å². The zero-order chi connectivity index (χ0) is 20.7. The zero-order valence-corrected chi connectivity index (χ0v) is 19.5. The summed E-state index contributed by atoms with van der Waals surface area (Å²) in [5, 5.41) is 28.4. The molecule has 0 aromatic carbocycles. The molecule has 2 fully saturated rings. The number of carbonyl (C=O) groups excluding carboxylic acids is 3. The minimum absolute atomic E-state index is 0. The maximum absolute atomic E-state index is 12.8. The number of nitrogens with one attached hydrogen (secondary N) is 1. The van der Waals surface area contributed by atoms with Gasteiger partial charge in [-0.05, 0) is 18.4 Å². The predicted molar refractivity (Wildman–Crippen MR) is 101 cm³/mol. The van der Waals surface area contributed by atoms with Crippen molar-refractivity contribution in [3.05, 3.63) is 22.3 Å². The van der Waals surface area contributed by atoms with Crippen molar-refractivity contribution in [2.45, 2.75) is 30.4 Å². The maximum Gasteiger partial charge on any atom is 1.00 e. The molecule has 0 radical (unpaired) electrons. The molecule has 1 aliphatic carbocycles. The molecule has 4 N–H and O–H groups in total. The first-order chi connectivity index (χ1) is 13.9. The van der Waals surface area contributed by atoms with E-state index in [-0.39, 0.29) is 69.2 Å². The number of anilines is 1. The van der Waals surface area contributed by atoms with Gasteiger partial charge in [0.25, 0.3) is 11.8 Å². The number of β-lactam (4-membered cyclic amide) rings is 1. The number of nitrogen functional groups attached to an aromatic ring is 1. The number of aromatic nitrogens is 1. The average Bonchev–Trinajstić information content (AvgIpc) is 3.43. The van der Waals surface area contributed by atoms with Crippen LogP contribution >= 0.6 is 23.1 Å². The second-order valence-electron chi connectivity index (χ2n) is 6.57. The molecule has 3 aliphatic rings. The van der Waals surface area contributed by atoms with E-state index in [9.17, 15) is 24.6 Å². The first kappa shape index (κ1) is 23.0. The number of rotatable bonds is 7. The Bertz CT molecular complexity index is 946. The van der Waals surface area contributed by atoms with Crippen LogP contribution in [-0.4, -0.2) is 68.4 Å². The van der Waals surface area contributed by atoms with Gasteiger partial charge in [0.15, 0.2) is 10.8 Å². The monoisotopic (exact) mass is 461 g/mol. The standard InChI is InChI=1S/C16H17N5O6S2.Na/c17-16-18-8(5-29-16)9(20-27-7-1-2-7)12(23)19-10-13(24)21-11(15(25)26)6(3-22)4-28-14(10)21;/h5,7,10,14,22H,1-4H2,(H2,17,18)(H,19,23)(H,25,26);/q;+1/p-1/t10-,14+;/m1./s1. The molecule has 2 amide bonds. The summed E-state index contributed by atoms with van der Waals surface area (Å²) in [5.74, 6) is -2.63. The summed E-state index contributed by atoms with van der Waals surface area (Å²) in [6.45, 7) is -0.496. The molecule has 0 spiro atoms. The number of fused-ring (bicyclic) bond motifs is 1. The van der Waals surface area contributed by atoms with Crippen LogP contribution in [0.3, 0.4) is 0 Å². The summed E-state index contributed by atoms with van der Waals surface area (Å²) in [6, 6.07) is -0.954. The Labute approximate surface area is 201 Å². The third-order valence-electron chi connectivity index (χ3n) is 4.52. The summed E-state index contributed by atoms with van der Waals surface area (Å²) in [4.78, 5) is 47.1. The normalized spacial score (nSPS) is 23.3. The van der Waals surface area contributed by atoms with E-state index in [0.717, 1.165) is 29.1 Å². The van der Waals surface area contributed by atoms with Crippen molar-refractivity contribution < 1.29 is 59.0 Å². The van der Waals surface area contributed by atoms with Crippen molar-refractivity contribution in [1.29, 1.82) is 0 Å². The van der Waals surface area contributed by atoms with E-state index in [0.29, 0.717) is 0 Å². The third-order valence-corrected chi connectivity index (χ3v) is 6.53. The summed E-state index contributed by atoms with van der Waals surface area (Å²) in [5.41, 5.74) is 5.60. The van der Waals surface area contributed by atoms with Gasteiger partial charge < -0.3 is 30.9 Å². The summed E-state index contributed by atoms with van der Waals surface area (Å²) in [6.07, 6.45) is 1.65. The number of hydrogen-bond acceptors (Lipinski definition) is 11. The zero-order valence-electron chi connectivity index (χ0n) is 15.9. The van der Waals surface area contributed by atoms with E-state index in [1.165, 1.54) is 11.8 Å². The van der Waals surface area contributed by atoms with Crippen LogP contribution in [0.1, 0.15) is 18.5 Å². The molecule has 0 bridgehead atoms. The van der Waals surface area contributed by atoms with E-state index >= 15 is 0 Å². The quantitative estimate of drug-likeness (QED) is 0.156. The Morgan fingerprint density at radius 2 is 2.20 bits per heavy atom. The van der Waals surface area contributed by atoms with Crippen molar-refractivity contribution in [3.8, 4) is 0 Å². The number of thiazole rings is 1. The van der Waals surface area contributed by atoms with Crippen molar-refractivity contribution in [3.63, 3.8) is 0 Å². The molecule has 3 heterocycles. The van der Waals surface area contributed by atoms with Crippen LogP contribution in [0.25, 0.3) is 0 Å². The number of carboxylic acid groups (broad SMARTS) is 1. The number of hydrogen-bond donors (Lipinski definition) is 3. The Kier molecular flexibility index (Phi) is 7.09. The molecule has 1 saturated heterocycles. The molecule has 4 rings (SSSR count). The smallest absolute Gasteiger partial charge is 0.543 e. The van der Waals surface area contributed by atoms with Crippen LogP contribution in [0.4, 0.5) is 5.13 Å². The number of thioether (sulfide) groups is 1. The second-order valence-corrected chi connectivity index (χ2v) is 8.57. The van der Waals surface area contributed by atoms with Crippen LogP contribution < -0.4 is 45.7 Å². The number of aliphatic hydroxyl groups excluding tert-OH is 1. The van der Waals surface area contributed by atoms with Crippen LogP contribution in [-0.2, 0) is 19.2 Å². The average molecular weight is 461 g/mol. The van der Waals surface area contributed by atoms with Crippen molar-refractivity contribution in [2.75, 3.05) is 18.1 Å². The number of oxime groups is 1. The van der Waals surface area contributed by atoms with Gasteiger partial charge in [0, 0.05) is 11.1 Å². The van der Waals surface area contributed by atoms with Gasteiger partial charge in [-0.15, -0.1) is 23.1 Å². The van der Waals surface area contributed by atoms with Gasteiger partial charge in [0.2, 0.25) is 0 Å². The SMILES string of the molecule is Nc1nc(C(=NOC2CC2)C(=O)N[C@@H]2C(=O)N3C(C(=O)[O-])=C(CO)CS[C@@H]23)cs1.[Na+]. The van der Waals surface area contributed by atoms with Gasteiger partial charge in [-0.3, -0.25) is 14.5 Å². The minimum atomic E-state index is -1.55. The number of nitrogens with two attached hydrogens (primary N) is 1. The van der Waals surface area contributed by atoms with E-state index in [2.05, 4.69) is 15.5 Å². The molecule has 154 valence electrons. The summed E-state index contributed by atoms with van der Waals surface area (Å²) >= 11 is 2.37. The third kappa shape index (κ3) is 4.36. The molecule has 2 atom stereocenters. The fraction of sp³-hybridized carbons (Fsp3) is 0.438. The number of aliphatic hydroxyl groups is 1. The number of nitrogens with zero attached hydrogens (tertiary/aromatic N) is 3. The number of amides is 2. The maximum atomic E-state index is 12.8. The van der Waals surface area contributed by atoms with Gasteiger partial charge in [0.1, 0.15) is 23.2 Å². The fourth-order valence-electron chi connectivity index (χ4n) is 2.90. The number of aliphatic carboxylic acids is 1. The van der Waals surface area contributed by atoms with Gasteiger partial charge in [-0.2, -0.15) is 0 Å².